The van der Waals surface area contributed by atoms with Gasteiger partial charge in [-0.25, -0.2) is 4.68 Å². The molecule has 0 bridgehead atoms. The molecule has 1 N–H and O–H groups in total. The normalized spacial score (nSPS) is 18.7. The van der Waals surface area contributed by atoms with Gasteiger partial charge in [-0.1, -0.05) is 48.5 Å². The molecular formula is C25H19BrN4O2. The van der Waals surface area contributed by atoms with Crippen LogP contribution in [0.5, 0.6) is 11.5 Å². The molecule has 0 saturated heterocycles. The fourth-order valence-electron chi connectivity index (χ4n) is 4.49. The minimum absolute atomic E-state index is 0.204. The van der Waals surface area contributed by atoms with Gasteiger partial charge < -0.3 is 14.8 Å². The zero-order valence-corrected chi connectivity index (χ0v) is 18.8. The highest BCUT2D eigenvalue weighted by Gasteiger charge is 2.40. The predicted molar refractivity (Wildman–Crippen MR) is 126 cm³/mol. The van der Waals surface area contributed by atoms with Gasteiger partial charge in [0.2, 0.25) is 5.95 Å². The van der Waals surface area contributed by atoms with Crippen LogP contribution in [0.3, 0.4) is 0 Å². The maximum Gasteiger partial charge on any atom is 0.226 e. The number of anilines is 1. The lowest BCUT2D eigenvalue weighted by molar-refractivity contribution is 0.223. The molecule has 1 aromatic heterocycles. The zero-order chi connectivity index (χ0) is 21.7. The number of ether oxygens (including phenoxy) is 2. The summed E-state index contributed by atoms with van der Waals surface area (Å²) >= 11 is 3.65. The summed E-state index contributed by atoms with van der Waals surface area (Å²) in [5.74, 6) is 2.32. The van der Waals surface area contributed by atoms with Gasteiger partial charge in [0.15, 0.2) is 0 Å². The van der Waals surface area contributed by atoms with E-state index >= 15 is 0 Å². The molecule has 0 fully saturated rings. The number of halogens is 1. The van der Waals surface area contributed by atoms with Crippen molar-refractivity contribution < 1.29 is 9.47 Å². The highest BCUT2D eigenvalue weighted by atomic mass is 79.9. The van der Waals surface area contributed by atoms with E-state index in [9.17, 15) is 0 Å². The molecule has 2 aliphatic rings. The fraction of sp³-hybridized carbons (Fsp3) is 0.120. The van der Waals surface area contributed by atoms with Crippen LogP contribution in [-0.4, -0.2) is 21.9 Å². The van der Waals surface area contributed by atoms with Gasteiger partial charge in [0.1, 0.15) is 30.0 Å². The minimum atomic E-state index is -0.281. The van der Waals surface area contributed by atoms with Gasteiger partial charge >= 0.3 is 0 Å². The van der Waals surface area contributed by atoms with Crippen molar-refractivity contribution in [3.05, 3.63) is 106 Å². The molecule has 3 aromatic carbocycles. The second kappa shape index (κ2) is 7.53. The summed E-state index contributed by atoms with van der Waals surface area (Å²) in [6.45, 7) is 0. The number of para-hydroxylation sites is 1. The third-order valence-corrected chi connectivity index (χ3v) is 6.54. The lowest BCUT2D eigenvalue weighted by Gasteiger charge is -2.39. The highest BCUT2D eigenvalue weighted by Crippen LogP contribution is 2.50. The predicted octanol–water partition coefficient (Wildman–Crippen LogP) is 5.61. The summed E-state index contributed by atoms with van der Waals surface area (Å²) in [5.41, 5.74) is 5.25. The Bertz CT molecular complexity index is 1350. The minimum Gasteiger partial charge on any atom is -0.496 e. The van der Waals surface area contributed by atoms with Gasteiger partial charge in [-0.2, -0.15) is 10.1 Å². The average Bonchev–Trinajstić information content (AvgIpc) is 3.31. The molecule has 2 aliphatic heterocycles. The number of fused-ring (bicyclic) bond motifs is 3. The molecule has 0 amide bonds. The largest absolute Gasteiger partial charge is 0.496 e. The molecule has 0 aliphatic carbocycles. The fourth-order valence-corrected chi connectivity index (χ4v) is 5.05. The van der Waals surface area contributed by atoms with Gasteiger partial charge in [0.25, 0.3) is 0 Å². The number of nitrogens with zero attached hydrogens (tertiary/aromatic N) is 3. The third-order valence-electron chi connectivity index (χ3n) is 5.92. The van der Waals surface area contributed by atoms with E-state index in [1.165, 1.54) is 0 Å². The van der Waals surface area contributed by atoms with E-state index in [0.717, 1.165) is 43.9 Å². The Morgan fingerprint density at radius 2 is 1.81 bits per heavy atom. The van der Waals surface area contributed by atoms with Gasteiger partial charge in [-0.15, -0.1) is 0 Å². The Morgan fingerprint density at radius 1 is 1.00 bits per heavy atom. The van der Waals surface area contributed by atoms with Gasteiger partial charge in [0.05, 0.1) is 17.3 Å². The first kappa shape index (κ1) is 19.1. The number of hydrogen-bond donors (Lipinski definition) is 1. The summed E-state index contributed by atoms with van der Waals surface area (Å²) in [6.07, 6.45) is 1.30. The van der Waals surface area contributed by atoms with Crippen LogP contribution in [0.1, 0.15) is 28.8 Å². The Labute approximate surface area is 193 Å². The number of benzene rings is 3. The summed E-state index contributed by atoms with van der Waals surface area (Å²) in [4.78, 5) is 4.48. The Morgan fingerprint density at radius 3 is 2.62 bits per heavy atom. The van der Waals surface area contributed by atoms with Gasteiger partial charge in [-0.3, -0.25) is 0 Å². The second-order valence-corrected chi connectivity index (χ2v) is 8.54. The first-order valence-corrected chi connectivity index (χ1v) is 11.1. The molecule has 0 spiro atoms. The summed E-state index contributed by atoms with van der Waals surface area (Å²) in [5, 5.41) is 8.09. The summed E-state index contributed by atoms with van der Waals surface area (Å²) in [7, 11) is 1.66. The smallest absolute Gasteiger partial charge is 0.226 e. The lowest BCUT2D eigenvalue weighted by Crippen LogP contribution is -2.32. The Kier molecular flexibility index (Phi) is 4.50. The number of methoxy groups -OCH3 is 1. The van der Waals surface area contributed by atoms with Crippen molar-refractivity contribution in [3.63, 3.8) is 0 Å². The molecule has 7 heteroatoms. The number of nitrogens with one attached hydrogen (secondary N) is 1. The van der Waals surface area contributed by atoms with Gasteiger partial charge in [0, 0.05) is 11.1 Å². The molecule has 32 heavy (non-hydrogen) atoms. The van der Waals surface area contributed by atoms with Crippen molar-refractivity contribution in [2.75, 3.05) is 12.4 Å². The van der Waals surface area contributed by atoms with Crippen LogP contribution in [-0.2, 0) is 0 Å². The van der Waals surface area contributed by atoms with Crippen LogP contribution in [0.2, 0.25) is 0 Å². The van der Waals surface area contributed by atoms with Crippen molar-refractivity contribution in [1.82, 2.24) is 14.8 Å². The number of rotatable bonds is 3. The molecule has 0 unspecified atom stereocenters. The van der Waals surface area contributed by atoms with Crippen LogP contribution >= 0.6 is 15.9 Å². The zero-order valence-electron chi connectivity index (χ0n) is 17.2. The van der Waals surface area contributed by atoms with Crippen molar-refractivity contribution in [1.29, 1.82) is 0 Å². The summed E-state index contributed by atoms with van der Waals surface area (Å²) in [6, 6.07) is 24.3. The second-order valence-electron chi connectivity index (χ2n) is 7.68. The van der Waals surface area contributed by atoms with E-state index in [1.807, 2.05) is 47.1 Å². The molecule has 6 rings (SSSR count). The van der Waals surface area contributed by atoms with E-state index in [4.69, 9.17) is 9.47 Å². The van der Waals surface area contributed by atoms with E-state index in [2.05, 4.69) is 61.7 Å². The van der Waals surface area contributed by atoms with E-state index < -0.39 is 0 Å². The Balaban J connectivity index is 1.62. The first-order chi connectivity index (χ1) is 15.7. The van der Waals surface area contributed by atoms with Crippen LogP contribution < -0.4 is 14.8 Å². The monoisotopic (exact) mass is 486 g/mol. The van der Waals surface area contributed by atoms with Gasteiger partial charge in [-0.05, 0) is 51.3 Å². The van der Waals surface area contributed by atoms with E-state index in [-0.39, 0.29) is 12.1 Å². The molecule has 4 aromatic rings. The maximum absolute atomic E-state index is 6.61. The summed E-state index contributed by atoms with van der Waals surface area (Å²) < 4.78 is 14.9. The molecule has 2 atom stereocenters. The molecule has 158 valence electrons. The van der Waals surface area contributed by atoms with Crippen LogP contribution in [0.15, 0.2) is 89.2 Å². The molecule has 3 heterocycles. The van der Waals surface area contributed by atoms with Crippen LogP contribution in [0.4, 0.5) is 5.95 Å². The highest BCUT2D eigenvalue weighted by molar-refractivity contribution is 9.10. The van der Waals surface area contributed by atoms with E-state index in [1.54, 1.807) is 13.4 Å². The van der Waals surface area contributed by atoms with Crippen molar-refractivity contribution in [2.24, 2.45) is 0 Å². The molecule has 0 radical (unpaired) electrons. The van der Waals surface area contributed by atoms with Crippen molar-refractivity contribution in [3.8, 4) is 11.5 Å². The quantitative estimate of drug-likeness (QED) is 0.407. The number of aromatic nitrogens is 3. The van der Waals surface area contributed by atoms with Crippen molar-refractivity contribution >= 4 is 27.6 Å². The average molecular weight is 487 g/mol. The van der Waals surface area contributed by atoms with Crippen LogP contribution in [0.25, 0.3) is 5.70 Å². The first-order valence-electron chi connectivity index (χ1n) is 10.3. The topological polar surface area (TPSA) is 61.2 Å². The number of hydrogen-bond acceptors (Lipinski definition) is 5. The molecule has 6 nitrogen and oxygen atoms in total. The molecular weight excluding hydrogens is 468 g/mol. The van der Waals surface area contributed by atoms with Crippen molar-refractivity contribution in [2.45, 2.75) is 12.1 Å². The maximum atomic E-state index is 6.61. The third kappa shape index (κ3) is 2.92. The molecule has 0 saturated carbocycles. The van der Waals surface area contributed by atoms with E-state index in [0.29, 0.717) is 5.95 Å². The SMILES string of the molecule is COc1ccc([C@H]2C3=C(Nc4ncnn42)c2ccccc2O[C@H]3c2ccccc2)cc1Br. The standard InChI is InChI=1S/C25H19BrN4O2/c1-31-20-12-11-16(13-18(20)26)23-21-22(29-25-27-14-28-30(23)25)17-9-5-6-10-19(17)32-24(21)15-7-3-2-4-8-15/h2-14,23-24H,1H3,(H,27,28,29)/t23-,24-/m0/s1. The van der Waals surface area contributed by atoms with Crippen LogP contribution in [0, 0.1) is 0 Å². The lowest BCUT2D eigenvalue weighted by atomic mass is 9.84. The Hall–Kier alpha value is -3.58.